The van der Waals surface area contributed by atoms with Crippen LogP contribution in [-0.4, -0.2) is 106 Å². The highest BCUT2D eigenvalue weighted by atomic mass is 16.4. The van der Waals surface area contributed by atoms with Crippen molar-refractivity contribution in [2.75, 3.05) is 19.6 Å². The number of ketones is 3. The van der Waals surface area contributed by atoms with Crippen molar-refractivity contribution < 1.29 is 53.7 Å². The van der Waals surface area contributed by atoms with Gasteiger partial charge in [0.05, 0.1) is 24.5 Å². The van der Waals surface area contributed by atoms with E-state index in [9.17, 15) is 53.7 Å². The first-order chi connectivity index (χ1) is 27.1. The number of carbonyl (C=O) groups excluding carboxylic acids is 6. The van der Waals surface area contributed by atoms with Gasteiger partial charge in [0, 0.05) is 51.6 Å². The molecule has 0 fully saturated rings. The number of nitrogens with one attached hydrogen (secondary N) is 5. The summed E-state index contributed by atoms with van der Waals surface area (Å²) in [6, 6.07) is 4.40. The summed E-state index contributed by atoms with van der Waals surface area (Å²) in [6.45, 7) is 7.59. The van der Waals surface area contributed by atoms with E-state index in [1.807, 2.05) is 6.92 Å². The van der Waals surface area contributed by atoms with Gasteiger partial charge in [-0.3, -0.25) is 33.6 Å². The maximum atomic E-state index is 13.4. The molecular formula is C41H65N5O11. The van der Waals surface area contributed by atoms with Gasteiger partial charge in [-0.25, -0.2) is 4.79 Å². The zero-order valence-corrected chi connectivity index (χ0v) is 34.0. The van der Waals surface area contributed by atoms with E-state index < -0.39 is 47.7 Å². The third kappa shape index (κ3) is 22.6. The lowest BCUT2D eigenvalue weighted by molar-refractivity contribution is -0.145. The second-order valence-corrected chi connectivity index (χ2v) is 14.4. The van der Waals surface area contributed by atoms with Gasteiger partial charge in [0.15, 0.2) is 5.78 Å². The minimum atomic E-state index is -1.29. The standard InChI is InChI=1S/C41H65N5O11/c1-5-8-11-34(42-23-21-30(45-27(4)47)24-28-13-16-31(48)17-14-28)37(51)26-44-33(36(50)6-2)12-9-10-22-43-39(53)20-15-29(40(54)55)25-32(49)18-19-35(41(56)57)46-38(52)7-3/h13-14,16-17,29-30,33-35,42,44,48H,5-12,15,18-26H2,1-4H3,(H,43,53)(H,45,47)(H,46,52)(H,54,55)(H,56,57)/t29-,30+,33+,34+,35+/m1/s1. The average Bonchev–Trinajstić information content (AvgIpc) is 3.16. The van der Waals surface area contributed by atoms with Gasteiger partial charge >= 0.3 is 11.9 Å². The second-order valence-electron chi connectivity index (χ2n) is 14.4. The number of aromatic hydroxyl groups is 1. The molecule has 3 amide bonds. The normalized spacial score (nSPS) is 13.7. The first-order valence-electron chi connectivity index (χ1n) is 20.2. The quantitative estimate of drug-likeness (QED) is 0.0476. The van der Waals surface area contributed by atoms with Crippen molar-refractivity contribution in [3.8, 4) is 5.75 Å². The van der Waals surface area contributed by atoms with E-state index in [-0.39, 0.29) is 93.2 Å². The molecule has 0 heterocycles. The number of amides is 3. The number of carbonyl (C=O) groups is 8. The van der Waals surface area contributed by atoms with Crippen LogP contribution in [0.25, 0.3) is 0 Å². The molecule has 0 aromatic heterocycles. The molecule has 57 heavy (non-hydrogen) atoms. The highest BCUT2D eigenvalue weighted by Crippen LogP contribution is 2.16. The van der Waals surface area contributed by atoms with E-state index in [0.29, 0.717) is 45.1 Å². The number of unbranched alkanes of at least 4 members (excludes halogenated alkanes) is 2. The molecule has 5 atom stereocenters. The van der Waals surface area contributed by atoms with Crippen molar-refractivity contribution in [3.05, 3.63) is 29.8 Å². The number of hydrogen-bond acceptors (Lipinski definition) is 11. The number of phenols is 1. The molecule has 1 aromatic carbocycles. The maximum absolute atomic E-state index is 13.4. The van der Waals surface area contributed by atoms with Crippen molar-refractivity contribution in [1.82, 2.24) is 26.6 Å². The van der Waals surface area contributed by atoms with Gasteiger partial charge in [0.1, 0.15) is 23.4 Å². The molecule has 0 unspecified atom stereocenters. The molecule has 0 bridgehead atoms. The first kappa shape index (κ1) is 50.3. The van der Waals surface area contributed by atoms with Crippen LogP contribution >= 0.6 is 0 Å². The SMILES string of the molecule is CCCC[C@H](NCC[C@@H](Cc1ccc(O)cc1)NC(C)=O)C(=O)CN[C@@H](CCCCNC(=O)CC[C@H](CC(=O)CC[C@H](NC(=O)CC)C(=O)O)C(=O)O)C(=O)CC. The molecule has 0 saturated heterocycles. The van der Waals surface area contributed by atoms with Crippen molar-refractivity contribution in [2.24, 2.45) is 5.92 Å². The molecule has 1 aromatic rings. The molecule has 16 heteroatoms. The molecule has 0 aliphatic carbocycles. The van der Waals surface area contributed by atoms with Gasteiger partial charge in [0.25, 0.3) is 0 Å². The predicted octanol–water partition coefficient (Wildman–Crippen LogP) is 2.97. The van der Waals surface area contributed by atoms with Crippen molar-refractivity contribution in [2.45, 2.75) is 148 Å². The molecule has 0 aliphatic rings. The third-order valence-electron chi connectivity index (χ3n) is 9.66. The molecule has 0 saturated carbocycles. The zero-order valence-electron chi connectivity index (χ0n) is 34.0. The molecule has 0 spiro atoms. The molecule has 320 valence electrons. The minimum Gasteiger partial charge on any atom is -0.508 e. The molecular weight excluding hydrogens is 738 g/mol. The Morgan fingerprint density at radius 3 is 1.91 bits per heavy atom. The summed E-state index contributed by atoms with van der Waals surface area (Å²) in [5.74, 6) is -5.09. The number of aliphatic carboxylic acids is 2. The Hall–Kier alpha value is -4.70. The van der Waals surface area contributed by atoms with Crippen molar-refractivity contribution >= 4 is 47.0 Å². The lowest BCUT2D eigenvalue weighted by atomic mass is 9.94. The Balaban J connectivity index is 2.57. The number of rotatable bonds is 33. The average molecular weight is 804 g/mol. The van der Waals surface area contributed by atoms with Gasteiger partial charge in [0.2, 0.25) is 17.7 Å². The van der Waals surface area contributed by atoms with E-state index in [1.54, 1.807) is 38.1 Å². The Kier molecular flexibility index (Phi) is 25.3. The molecule has 0 radical (unpaired) electrons. The summed E-state index contributed by atoms with van der Waals surface area (Å²) in [5.41, 5.74) is 0.960. The van der Waals surface area contributed by atoms with Crippen LogP contribution in [0.4, 0.5) is 0 Å². The summed E-state index contributed by atoms with van der Waals surface area (Å²) in [7, 11) is 0. The Labute approximate surface area is 336 Å². The van der Waals surface area contributed by atoms with Crippen LogP contribution in [0.2, 0.25) is 0 Å². The van der Waals surface area contributed by atoms with Crippen LogP contribution in [0, 0.1) is 5.92 Å². The number of Topliss-reactive ketones (excluding diaryl/α,β-unsaturated/α-hetero) is 3. The predicted molar refractivity (Wildman–Crippen MR) is 213 cm³/mol. The van der Waals surface area contributed by atoms with Crippen LogP contribution in [0.15, 0.2) is 24.3 Å². The van der Waals surface area contributed by atoms with E-state index in [1.165, 1.54) is 6.92 Å². The van der Waals surface area contributed by atoms with Crippen LogP contribution in [0.5, 0.6) is 5.75 Å². The van der Waals surface area contributed by atoms with Crippen LogP contribution in [-0.2, 0) is 44.8 Å². The second kappa shape index (κ2) is 28.7. The number of carboxylic acids is 2. The van der Waals surface area contributed by atoms with Crippen LogP contribution in [0.3, 0.4) is 0 Å². The van der Waals surface area contributed by atoms with Gasteiger partial charge in [-0.05, 0) is 75.6 Å². The summed E-state index contributed by atoms with van der Waals surface area (Å²) in [6.07, 6.45) is 4.45. The summed E-state index contributed by atoms with van der Waals surface area (Å²) < 4.78 is 0. The fourth-order valence-electron chi connectivity index (χ4n) is 6.26. The summed E-state index contributed by atoms with van der Waals surface area (Å²) >= 11 is 0. The van der Waals surface area contributed by atoms with Crippen molar-refractivity contribution in [3.63, 3.8) is 0 Å². The number of phenolic OH excluding ortho intramolecular Hbond substituents is 1. The van der Waals surface area contributed by atoms with Crippen LogP contribution in [0.1, 0.15) is 123 Å². The molecule has 16 nitrogen and oxygen atoms in total. The third-order valence-corrected chi connectivity index (χ3v) is 9.66. The lowest BCUT2D eigenvalue weighted by Gasteiger charge is -2.23. The molecule has 8 N–H and O–H groups in total. The highest BCUT2D eigenvalue weighted by molar-refractivity contribution is 5.88. The van der Waals surface area contributed by atoms with Gasteiger partial charge in [-0.15, -0.1) is 0 Å². The maximum Gasteiger partial charge on any atom is 0.326 e. The zero-order chi connectivity index (χ0) is 42.8. The molecule has 0 aliphatic heterocycles. The number of benzene rings is 1. The fraction of sp³-hybridized carbons (Fsp3) is 0.659. The topological polar surface area (TPSA) is 257 Å². The smallest absolute Gasteiger partial charge is 0.326 e. The monoisotopic (exact) mass is 803 g/mol. The lowest BCUT2D eigenvalue weighted by Crippen LogP contribution is -2.47. The minimum absolute atomic E-state index is 0.0000353. The van der Waals surface area contributed by atoms with Gasteiger partial charge in [-0.1, -0.05) is 45.7 Å². The van der Waals surface area contributed by atoms with Gasteiger partial charge in [-0.2, -0.15) is 0 Å². The summed E-state index contributed by atoms with van der Waals surface area (Å²) in [5, 5.41) is 43.0. The van der Waals surface area contributed by atoms with Crippen molar-refractivity contribution in [1.29, 1.82) is 0 Å². The van der Waals surface area contributed by atoms with E-state index in [2.05, 4.69) is 26.6 Å². The fourth-order valence-corrected chi connectivity index (χ4v) is 6.26. The van der Waals surface area contributed by atoms with Gasteiger partial charge < -0.3 is 41.9 Å². The van der Waals surface area contributed by atoms with E-state index in [4.69, 9.17) is 0 Å². The Morgan fingerprint density at radius 2 is 1.32 bits per heavy atom. The first-order valence-corrected chi connectivity index (χ1v) is 20.2. The highest BCUT2D eigenvalue weighted by Gasteiger charge is 2.26. The Morgan fingerprint density at radius 1 is 0.649 bits per heavy atom. The Bertz CT molecular complexity index is 1450. The molecule has 1 rings (SSSR count). The largest absolute Gasteiger partial charge is 0.508 e. The number of hydrogen-bond donors (Lipinski definition) is 8. The van der Waals surface area contributed by atoms with E-state index >= 15 is 0 Å². The van der Waals surface area contributed by atoms with E-state index in [0.717, 1.165) is 18.4 Å². The number of carboxylic acid groups (broad SMARTS) is 2. The van der Waals surface area contributed by atoms with Crippen LogP contribution < -0.4 is 26.6 Å². The summed E-state index contributed by atoms with van der Waals surface area (Å²) in [4.78, 5) is 97.6.